The molecule has 192 valence electrons. The number of aromatic nitrogens is 1. The van der Waals surface area contributed by atoms with Crippen molar-refractivity contribution in [1.29, 1.82) is 5.26 Å². The van der Waals surface area contributed by atoms with Crippen molar-refractivity contribution in [2.24, 2.45) is 0 Å². The topological polar surface area (TPSA) is 84.6 Å². The summed E-state index contributed by atoms with van der Waals surface area (Å²) in [6.45, 7) is 2.33. The molecule has 6 nitrogen and oxygen atoms in total. The lowest BCUT2D eigenvalue weighted by molar-refractivity contribution is 0.206. The van der Waals surface area contributed by atoms with E-state index in [4.69, 9.17) is 31.1 Å². The Kier molecular flexibility index (Phi) is 7.39. The Labute approximate surface area is 227 Å². The molecule has 1 aliphatic carbocycles. The highest BCUT2D eigenvalue weighted by atomic mass is 35.5. The van der Waals surface area contributed by atoms with Gasteiger partial charge in [-0.15, -0.1) is 0 Å². The van der Waals surface area contributed by atoms with Gasteiger partial charge >= 0.3 is 0 Å². The molecule has 4 aromatic rings. The SMILES string of the molecule is CCc1cc(Cl)c(O[C@H]2CCc3c(-c4ccc(O)c(OC)c4)cccc32)cc1OCc1cncc(C#N)c1. The van der Waals surface area contributed by atoms with E-state index >= 15 is 0 Å². The summed E-state index contributed by atoms with van der Waals surface area (Å²) in [5.74, 6) is 1.81. The molecule has 0 unspecified atom stereocenters. The number of nitriles is 1. The van der Waals surface area contributed by atoms with Crippen molar-refractivity contribution in [2.45, 2.75) is 38.9 Å². The van der Waals surface area contributed by atoms with Crippen LogP contribution in [0.2, 0.25) is 5.02 Å². The van der Waals surface area contributed by atoms with Gasteiger partial charge in [-0.1, -0.05) is 42.8 Å². The molecule has 0 fully saturated rings. The Morgan fingerprint density at radius 1 is 1.08 bits per heavy atom. The third-order valence-electron chi connectivity index (χ3n) is 6.79. The van der Waals surface area contributed by atoms with E-state index < -0.39 is 0 Å². The first-order chi connectivity index (χ1) is 18.5. The molecule has 3 aromatic carbocycles. The molecule has 5 rings (SSSR count). The molecule has 1 heterocycles. The van der Waals surface area contributed by atoms with E-state index in [1.807, 2.05) is 37.3 Å². The lowest BCUT2D eigenvalue weighted by atomic mass is 9.96. The average molecular weight is 527 g/mol. The largest absolute Gasteiger partial charge is 0.504 e. The van der Waals surface area contributed by atoms with Crippen molar-refractivity contribution in [2.75, 3.05) is 7.11 Å². The van der Waals surface area contributed by atoms with Gasteiger partial charge in [0.1, 0.15) is 30.3 Å². The van der Waals surface area contributed by atoms with Gasteiger partial charge in [0.2, 0.25) is 0 Å². The van der Waals surface area contributed by atoms with Crippen LogP contribution in [-0.4, -0.2) is 17.2 Å². The monoisotopic (exact) mass is 526 g/mol. The highest BCUT2D eigenvalue weighted by molar-refractivity contribution is 6.32. The van der Waals surface area contributed by atoms with Crippen LogP contribution in [0.1, 0.15) is 47.3 Å². The lowest BCUT2D eigenvalue weighted by Gasteiger charge is -2.19. The Morgan fingerprint density at radius 2 is 1.95 bits per heavy atom. The van der Waals surface area contributed by atoms with Crippen molar-refractivity contribution in [3.63, 3.8) is 0 Å². The minimum Gasteiger partial charge on any atom is -0.504 e. The molecule has 0 bridgehead atoms. The summed E-state index contributed by atoms with van der Waals surface area (Å²) in [7, 11) is 1.55. The first kappa shape index (κ1) is 25.4. The minimum atomic E-state index is -0.154. The number of aryl methyl sites for hydroxylation is 1. The van der Waals surface area contributed by atoms with Crippen LogP contribution in [0.25, 0.3) is 11.1 Å². The Bertz CT molecular complexity index is 1530. The van der Waals surface area contributed by atoms with E-state index in [0.717, 1.165) is 47.1 Å². The summed E-state index contributed by atoms with van der Waals surface area (Å²) in [6, 6.07) is 19.2. The summed E-state index contributed by atoms with van der Waals surface area (Å²) >= 11 is 6.65. The van der Waals surface area contributed by atoms with Gasteiger partial charge in [-0.2, -0.15) is 5.26 Å². The number of ether oxygens (including phenoxy) is 3. The van der Waals surface area contributed by atoms with E-state index in [0.29, 0.717) is 27.8 Å². The van der Waals surface area contributed by atoms with Crippen molar-refractivity contribution in [3.05, 3.63) is 99.8 Å². The first-order valence-corrected chi connectivity index (χ1v) is 12.8. The fourth-order valence-corrected chi connectivity index (χ4v) is 5.10. The van der Waals surface area contributed by atoms with Crippen LogP contribution in [0.5, 0.6) is 23.0 Å². The van der Waals surface area contributed by atoms with Crippen molar-refractivity contribution < 1.29 is 19.3 Å². The summed E-state index contributed by atoms with van der Waals surface area (Å²) in [4.78, 5) is 4.11. The number of benzene rings is 3. The zero-order chi connectivity index (χ0) is 26.6. The van der Waals surface area contributed by atoms with Crippen molar-refractivity contribution in [3.8, 4) is 40.2 Å². The number of fused-ring (bicyclic) bond motifs is 1. The smallest absolute Gasteiger partial charge is 0.161 e. The van der Waals surface area contributed by atoms with Gasteiger partial charge in [0.15, 0.2) is 11.5 Å². The summed E-state index contributed by atoms with van der Waals surface area (Å²) < 4.78 is 17.9. The third-order valence-corrected chi connectivity index (χ3v) is 7.09. The molecular weight excluding hydrogens is 500 g/mol. The molecule has 1 atom stereocenters. The van der Waals surface area contributed by atoms with E-state index in [9.17, 15) is 5.11 Å². The number of methoxy groups -OCH3 is 1. The maximum Gasteiger partial charge on any atom is 0.161 e. The van der Waals surface area contributed by atoms with Gasteiger partial charge < -0.3 is 19.3 Å². The maximum atomic E-state index is 10.0. The molecule has 0 spiro atoms. The number of rotatable bonds is 8. The Hall–Kier alpha value is -4.21. The standard InChI is InChI=1S/C31H27ClN2O4/c1-3-21-12-26(32)30(14-29(21)37-18-20-11-19(15-33)16-34-17-20)38-28-10-8-24-23(5-4-6-25(24)28)22-7-9-27(35)31(13-22)36-2/h4-7,9,11-14,16-17,28,35H,3,8,10,18H2,1-2H3/t28-/m0/s1. The van der Waals surface area contributed by atoms with Crippen LogP contribution in [0.3, 0.4) is 0 Å². The second-order valence-electron chi connectivity index (χ2n) is 9.13. The molecule has 7 heteroatoms. The van der Waals surface area contributed by atoms with Gasteiger partial charge in [0.25, 0.3) is 0 Å². The first-order valence-electron chi connectivity index (χ1n) is 12.5. The van der Waals surface area contributed by atoms with Crippen LogP contribution < -0.4 is 14.2 Å². The molecule has 0 saturated carbocycles. The van der Waals surface area contributed by atoms with Gasteiger partial charge in [-0.3, -0.25) is 4.98 Å². The number of hydrogen-bond donors (Lipinski definition) is 1. The van der Waals surface area contributed by atoms with Crippen LogP contribution >= 0.6 is 11.6 Å². The fraction of sp³-hybridized carbons (Fsp3) is 0.226. The van der Waals surface area contributed by atoms with Crippen molar-refractivity contribution >= 4 is 11.6 Å². The normalized spacial score (nSPS) is 14.0. The van der Waals surface area contributed by atoms with Crippen LogP contribution in [0.4, 0.5) is 0 Å². The van der Waals surface area contributed by atoms with E-state index in [-0.39, 0.29) is 18.5 Å². The van der Waals surface area contributed by atoms with Gasteiger partial charge in [-0.05, 0) is 71.3 Å². The Morgan fingerprint density at radius 3 is 2.74 bits per heavy atom. The number of nitrogens with zero attached hydrogens (tertiary/aromatic N) is 2. The number of aromatic hydroxyl groups is 1. The average Bonchev–Trinajstić information content (AvgIpc) is 3.36. The Balaban J connectivity index is 1.40. The van der Waals surface area contributed by atoms with Gasteiger partial charge in [0, 0.05) is 24.0 Å². The van der Waals surface area contributed by atoms with Gasteiger partial charge in [-0.25, -0.2) is 0 Å². The number of phenolic OH excluding ortho intramolecular Hbond substituents is 1. The van der Waals surface area contributed by atoms with E-state index in [1.165, 1.54) is 11.8 Å². The van der Waals surface area contributed by atoms with Crippen LogP contribution in [0.15, 0.2) is 67.0 Å². The predicted octanol–water partition coefficient (Wildman–Crippen LogP) is 7.20. The number of hydrogen-bond acceptors (Lipinski definition) is 6. The molecular formula is C31H27ClN2O4. The van der Waals surface area contributed by atoms with E-state index in [1.54, 1.807) is 25.4 Å². The number of halogens is 1. The lowest BCUT2D eigenvalue weighted by Crippen LogP contribution is -2.05. The minimum absolute atomic E-state index is 0.113. The van der Waals surface area contributed by atoms with E-state index in [2.05, 4.69) is 23.2 Å². The zero-order valence-electron chi connectivity index (χ0n) is 21.2. The molecule has 0 saturated heterocycles. The van der Waals surface area contributed by atoms with Gasteiger partial charge in [0.05, 0.1) is 17.7 Å². The quantitative estimate of drug-likeness (QED) is 0.261. The zero-order valence-corrected chi connectivity index (χ0v) is 22.0. The maximum absolute atomic E-state index is 10.0. The highest BCUT2D eigenvalue weighted by Crippen LogP contribution is 2.43. The van der Waals surface area contributed by atoms with Crippen molar-refractivity contribution in [1.82, 2.24) is 4.98 Å². The second-order valence-corrected chi connectivity index (χ2v) is 9.54. The highest BCUT2D eigenvalue weighted by Gasteiger charge is 2.28. The number of phenols is 1. The fourth-order valence-electron chi connectivity index (χ4n) is 4.87. The predicted molar refractivity (Wildman–Crippen MR) is 146 cm³/mol. The summed E-state index contributed by atoms with van der Waals surface area (Å²) in [5.41, 5.74) is 6.69. The molecule has 0 aliphatic heterocycles. The van der Waals surface area contributed by atoms with Crippen LogP contribution in [-0.2, 0) is 19.4 Å². The summed E-state index contributed by atoms with van der Waals surface area (Å²) in [6.07, 6.45) is 5.48. The molecule has 1 aliphatic rings. The van der Waals surface area contributed by atoms with Crippen LogP contribution in [0, 0.1) is 11.3 Å². The summed E-state index contributed by atoms with van der Waals surface area (Å²) in [5, 5.41) is 19.7. The molecule has 1 aromatic heterocycles. The second kappa shape index (κ2) is 11.0. The molecule has 38 heavy (non-hydrogen) atoms. The molecule has 0 radical (unpaired) electrons. The molecule has 1 N–H and O–H groups in total. The molecule has 0 amide bonds. The third kappa shape index (κ3) is 5.11. The number of pyridine rings is 1.